The third-order valence-electron chi connectivity index (χ3n) is 3.87. The number of hydrogen-bond donors (Lipinski definition) is 2. The molecule has 8 heteroatoms. The summed E-state index contributed by atoms with van der Waals surface area (Å²) >= 11 is 7.29. The summed E-state index contributed by atoms with van der Waals surface area (Å²) in [4.78, 5) is 31.1. The van der Waals surface area contributed by atoms with Crippen LogP contribution in [-0.2, 0) is 0 Å². The molecule has 2 aromatic heterocycles. The van der Waals surface area contributed by atoms with Gasteiger partial charge in [0.2, 0.25) is 0 Å². The van der Waals surface area contributed by atoms with Crippen LogP contribution in [0.15, 0.2) is 29.1 Å². The van der Waals surface area contributed by atoms with Crippen LogP contribution in [0.4, 0.5) is 0 Å². The summed E-state index contributed by atoms with van der Waals surface area (Å²) in [5.74, 6) is -0.115. The number of nitrogens with zero attached hydrogens (tertiary/aromatic N) is 1. The van der Waals surface area contributed by atoms with E-state index in [1.807, 2.05) is 31.2 Å². The molecule has 27 heavy (non-hydrogen) atoms. The normalized spacial score (nSPS) is 11.7. The molecule has 0 unspecified atom stereocenters. The number of ether oxygens (including phenoxy) is 1. The molecule has 140 valence electrons. The lowest BCUT2D eigenvalue weighted by molar-refractivity contribution is 0.0701. The van der Waals surface area contributed by atoms with Gasteiger partial charge in [-0.05, 0) is 42.7 Å². The van der Waals surface area contributed by atoms with Gasteiger partial charge in [0.05, 0.1) is 17.0 Å². The van der Waals surface area contributed by atoms with Gasteiger partial charge in [0.25, 0.3) is 5.56 Å². The van der Waals surface area contributed by atoms with Gasteiger partial charge in [-0.2, -0.15) is 0 Å². The van der Waals surface area contributed by atoms with Crippen LogP contribution in [0.25, 0.3) is 21.3 Å². The molecule has 0 aliphatic heterocycles. The molecule has 0 bridgehead atoms. The smallest absolute Gasteiger partial charge is 0.346 e. The summed E-state index contributed by atoms with van der Waals surface area (Å²) in [6.07, 6.45) is 2.61. The Morgan fingerprint density at radius 2 is 2.07 bits per heavy atom. The second kappa shape index (κ2) is 7.94. The zero-order valence-electron chi connectivity index (χ0n) is 14.7. The summed E-state index contributed by atoms with van der Waals surface area (Å²) in [5.41, 5.74) is 0.817. The Morgan fingerprint density at radius 3 is 2.70 bits per heavy atom. The van der Waals surface area contributed by atoms with Crippen LogP contribution < -0.4 is 10.3 Å². The predicted octanol–water partition coefficient (Wildman–Crippen LogP) is 4.52. The van der Waals surface area contributed by atoms with E-state index >= 15 is 0 Å². The van der Waals surface area contributed by atoms with E-state index in [1.165, 1.54) is 0 Å². The van der Waals surface area contributed by atoms with E-state index in [0.717, 1.165) is 29.1 Å². The van der Waals surface area contributed by atoms with Gasteiger partial charge < -0.3 is 14.8 Å². The second-order valence-corrected chi connectivity index (χ2v) is 7.27. The zero-order valence-corrected chi connectivity index (χ0v) is 16.3. The lowest BCUT2D eigenvalue weighted by Crippen LogP contribution is -2.10. The van der Waals surface area contributed by atoms with Crippen LogP contribution in [0, 0.1) is 6.92 Å². The van der Waals surface area contributed by atoms with Crippen molar-refractivity contribution >= 4 is 50.2 Å². The number of aromatic amines is 1. The van der Waals surface area contributed by atoms with E-state index in [4.69, 9.17) is 16.3 Å². The number of H-pyrrole nitrogens is 1. The maximum atomic E-state index is 12.4. The summed E-state index contributed by atoms with van der Waals surface area (Å²) < 4.78 is 5.54. The van der Waals surface area contributed by atoms with Gasteiger partial charge >= 0.3 is 5.97 Å². The van der Waals surface area contributed by atoms with Crippen LogP contribution in [0.3, 0.4) is 0 Å². The number of aryl methyl sites for hydroxylation is 1. The molecule has 3 rings (SSSR count). The fourth-order valence-corrected chi connectivity index (χ4v) is 3.79. The monoisotopic (exact) mass is 404 g/mol. The first-order valence-electron chi connectivity index (χ1n) is 8.27. The summed E-state index contributed by atoms with van der Waals surface area (Å²) in [7, 11) is 0. The summed E-state index contributed by atoms with van der Waals surface area (Å²) in [6.45, 7) is 4.29. The number of carboxylic acid groups (broad SMARTS) is 1. The summed E-state index contributed by atoms with van der Waals surface area (Å²) in [6, 6.07) is 7.38. The van der Waals surface area contributed by atoms with Crippen molar-refractivity contribution in [1.82, 2.24) is 9.97 Å². The van der Waals surface area contributed by atoms with Crippen molar-refractivity contribution in [2.45, 2.75) is 20.3 Å². The lowest BCUT2D eigenvalue weighted by Gasteiger charge is -2.04. The first-order valence-corrected chi connectivity index (χ1v) is 9.47. The summed E-state index contributed by atoms with van der Waals surface area (Å²) in [5, 5.41) is 9.76. The third kappa shape index (κ3) is 4.04. The Balaban J connectivity index is 1.95. The number of fused-ring (bicyclic) bond motifs is 1. The molecule has 0 saturated carbocycles. The van der Waals surface area contributed by atoms with Crippen molar-refractivity contribution in [3.05, 3.63) is 56.4 Å². The highest BCUT2D eigenvalue weighted by Crippen LogP contribution is 2.28. The second-order valence-electron chi connectivity index (χ2n) is 5.87. The van der Waals surface area contributed by atoms with Crippen LogP contribution in [0.5, 0.6) is 5.75 Å². The number of aromatic carboxylic acids is 1. The minimum absolute atomic E-state index is 0.0999. The van der Waals surface area contributed by atoms with Crippen molar-refractivity contribution in [2.24, 2.45) is 0 Å². The average molecular weight is 405 g/mol. The number of carboxylic acids is 1. The van der Waals surface area contributed by atoms with Gasteiger partial charge in [0, 0.05) is 0 Å². The predicted molar refractivity (Wildman–Crippen MR) is 108 cm³/mol. The highest BCUT2D eigenvalue weighted by Gasteiger charge is 2.19. The highest BCUT2D eigenvalue weighted by atomic mass is 35.5. The number of halogens is 1. The van der Waals surface area contributed by atoms with E-state index in [2.05, 4.69) is 9.97 Å². The molecule has 2 N–H and O–H groups in total. The molecular formula is C19H17ClN2O4S. The fraction of sp³-hybridized carbons (Fsp3) is 0.211. The minimum atomic E-state index is -1.08. The Morgan fingerprint density at radius 1 is 1.37 bits per heavy atom. The molecule has 0 saturated heterocycles. The maximum Gasteiger partial charge on any atom is 0.346 e. The van der Waals surface area contributed by atoms with Gasteiger partial charge in [0.1, 0.15) is 15.5 Å². The number of hydrogen-bond acceptors (Lipinski definition) is 5. The van der Waals surface area contributed by atoms with Crippen LogP contribution in [0.1, 0.15) is 40.0 Å². The van der Waals surface area contributed by atoms with E-state index in [1.54, 1.807) is 13.0 Å². The topological polar surface area (TPSA) is 92.3 Å². The van der Waals surface area contributed by atoms with Gasteiger partial charge in [-0.15, -0.1) is 11.3 Å². The molecule has 0 spiro atoms. The number of thiophene rings is 1. The quantitative estimate of drug-likeness (QED) is 0.630. The van der Waals surface area contributed by atoms with Gasteiger partial charge in [0.15, 0.2) is 5.82 Å². The van der Waals surface area contributed by atoms with E-state index in [-0.39, 0.29) is 21.1 Å². The van der Waals surface area contributed by atoms with Crippen molar-refractivity contribution in [1.29, 1.82) is 0 Å². The third-order valence-corrected chi connectivity index (χ3v) is 5.33. The lowest BCUT2D eigenvalue weighted by atomic mass is 10.2. The van der Waals surface area contributed by atoms with Crippen LogP contribution in [0.2, 0.25) is 0 Å². The van der Waals surface area contributed by atoms with Crippen molar-refractivity contribution in [3.8, 4) is 5.75 Å². The Labute approximate surface area is 164 Å². The molecule has 1 aromatic carbocycles. The number of aromatic nitrogens is 2. The standard InChI is InChI=1S/C19H17ClN2O4S/c1-3-8-26-12-6-4-11(5-7-12)9-13(20)16-21-17(23)14-10(2)15(19(24)25)27-18(14)22-16/h4-7,9H,3,8H2,1-2H3,(H,24,25)(H,21,22,23)/b13-9-. The molecule has 0 aliphatic carbocycles. The van der Waals surface area contributed by atoms with Gasteiger partial charge in [-0.25, -0.2) is 9.78 Å². The molecule has 6 nitrogen and oxygen atoms in total. The van der Waals surface area contributed by atoms with Gasteiger partial charge in [-0.1, -0.05) is 30.7 Å². The fourth-order valence-electron chi connectivity index (χ4n) is 2.56. The largest absolute Gasteiger partial charge is 0.494 e. The molecule has 0 radical (unpaired) electrons. The zero-order chi connectivity index (χ0) is 19.6. The van der Waals surface area contributed by atoms with Crippen molar-refractivity contribution in [3.63, 3.8) is 0 Å². The Kier molecular flexibility index (Phi) is 5.62. The van der Waals surface area contributed by atoms with Crippen molar-refractivity contribution < 1.29 is 14.6 Å². The first kappa shape index (κ1) is 19.1. The molecule has 0 amide bonds. The molecule has 0 atom stereocenters. The van der Waals surface area contributed by atoms with Crippen LogP contribution in [-0.4, -0.2) is 27.7 Å². The Hall–Kier alpha value is -2.64. The Bertz CT molecular complexity index is 1080. The maximum absolute atomic E-state index is 12.4. The number of nitrogens with one attached hydrogen (secondary N) is 1. The molecule has 0 aliphatic rings. The molecular weight excluding hydrogens is 388 g/mol. The minimum Gasteiger partial charge on any atom is -0.494 e. The molecule has 0 fully saturated rings. The highest BCUT2D eigenvalue weighted by molar-refractivity contribution is 7.20. The SMILES string of the molecule is CCCOc1ccc(/C=C(\Cl)c2nc3sc(C(=O)O)c(C)c3c(=O)[nH]2)cc1. The average Bonchev–Trinajstić information content (AvgIpc) is 2.98. The van der Waals surface area contributed by atoms with Crippen molar-refractivity contribution in [2.75, 3.05) is 6.61 Å². The molecule has 3 aromatic rings. The number of carbonyl (C=O) groups is 1. The number of rotatable bonds is 6. The van der Waals surface area contributed by atoms with Gasteiger partial charge in [-0.3, -0.25) is 4.79 Å². The van der Waals surface area contributed by atoms with E-state index in [9.17, 15) is 14.7 Å². The van der Waals surface area contributed by atoms with Crippen LogP contribution >= 0.6 is 22.9 Å². The van der Waals surface area contributed by atoms with E-state index in [0.29, 0.717) is 17.0 Å². The first-order chi connectivity index (χ1) is 12.9. The van der Waals surface area contributed by atoms with E-state index < -0.39 is 11.5 Å². The number of benzene rings is 1. The molecule has 2 heterocycles.